The minimum Gasteiger partial charge on any atom is -0.466 e. The maximum absolute atomic E-state index is 11.7. The molecule has 18 heavy (non-hydrogen) atoms. The first-order valence-electron chi connectivity index (χ1n) is 5.77. The van der Waals surface area contributed by atoms with Gasteiger partial charge in [0.1, 0.15) is 0 Å². The molecule has 1 amide bonds. The van der Waals surface area contributed by atoms with E-state index in [1.807, 2.05) is 0 Å². The van der Waals surface area contributed by atoms with Gasteiger partial charge in [0.25, 0.3) is 5.91 Å². The number of nitrogen functional groups attached to an aromatic ring is 1. The summed E-state index contributed by atoms with van der Waals surface area (Å²) in [5.74, 6) is -0.596. The zero-order valence-electron chi connectivity index (χ0n) is 10.6. The molecule has 0 saturated heterocycles. The maximum atomic E-state index is 11.7. The zero-order valence-corrected chi connectivity index (χ0v) is 10.6. The van der Waals surface area contributed by atoms with Crippen LogP contribution in [-0.2, 0) is 16.6 Å². The normalized spacial score (nSPS) is 10.1. The molecular formula is C11H18N4O3. The second kappa shape index (κ2) is 6.63. The highest BCUT2D eigenvalue weighted by molar-refractivity contribution is 5.96. The van der Waals surface area contributed by atoms with E-state index in [4.69, 9.17) is 10.5 Å². The molecule has 3 N–H and O–H groups in total. The molecule has 0 aliphatic carbocycles. The molecule has 0 aliphatic rings. The van der Waals surface area contributed by atoms with Gasteiger partial charge in [-0.25, -0.2) is 0 Å². The fourth-order valence-electron chi connectivity index (χ4n) is 1.43. The number of carbonyl (C=O) groups excluding carboxylic acids is 2. The number of aryl methyl sites for hydroxylation is 1. The monoisotopic (exact) mass is 254 g/mol. The predicted octanol–water partition coefficient (Wildman–Crippen LogP) is 0.0754. The van der Waals surface area contributed by atoms with Crippen LogP contribution in [0.2, 0.25) is 0 Å². The van der Waals surface area contributed by atoms with E-state index in [-0.39, 0.29) is 24.0 Å². The van der Waals surface area contributed by atoms with Gasteiger partial charge in [0.05, 0.1) is 12.3 Å². The molecule has 1 heterocycles. The Labute approximate surface area is 105 Å². The second-order valence-corrected chi connectivity index (χ2v) is 3.77. The third-order valence-electron chi connectivity index (χ3n) is 2.22. The largest absolute Gasteiger partial charge is 0.466 e. The number of ether oxygens (including phenoxy) is 1. The Bertz CT molecular complexity index is 428. The van der Waals surface area contributed by atoms with E-state index < -0.39 is 0 Å². The van der Waals surface area contributed by atoms with Crippen LogP contribution in [0, 0.1) is 0 Å². The van der Waals surface area contributed by atoms with E-state index in [0.29, 0.717) is 25.3 Å². The van der Waals surface area contributed by atoms with Crippen molar-refractivity contribution in [1.29, 1.82) is 0 Å². The highest BCUT2D eigenvalue weighted by Crippen LogP contribution is 2.07. The van der Waals surface area contributed by atoms with Gasteiger partial charge in [-0.05, 0) is 13.3 Å². The number of nitrogens with two attached hydrogens (primary N) is 1. The maximum Gasteiger partial charge on any atom is 0.305 e. The first kappa shape index (κ1) is 14.0. The number of rotatable bonds is 6. The minimum atomic E-state index is -0.336. The molecule has 0 bridgehead atoms. The van der Waals surface area contributed by atoms with Crippen molar-refractivity contribution >= 4 is 17.6 Å². The molecule has 1 aromatic heterocycles. The molecule has 0 aromatic carbocycles. The zero-order chi connectivity index (χ0) is 13.5. The summed E-state index contributed by atoms with van der Waals surface area (Å²) in [5, 5.41) is 6.59. The van der Waals surface area contributed by atoms with Crippen molar-refractivity contribution in [2.45, 2.75) is 19.8 Å². The van der Waals surface area contributed by atoms with Crippen LogP contribution in [-0.4, -0.2) is 34.8 Å². The van der Waals surface area contributed by atoms with Crippen LogP contribution >= 0.6 is 0 Å². The van der Waals surface area contributed by atoms with Gasteiger partial charge in [-0.2, -0.15) is 5.10 Å². The number of esters is 1. The minimum absolute atomic E-state index is 0.202. The molecule has 0 aliphatic heterocycles. The summed E-state index contributed by atoms with van der Waals surface area (Å²) in [5.41, 5.74) is 6.15. The number of anilines is 1. The number of nitrogens with zero attached hydrogens (tertiary/aromatic N) is 2. The molecular weight excluding hydrogens is 236 g/mol. The highest BCUT2D eigenvalue weighted by Gasteiger charge is 2.13. The van der Waals surface area contributed by atoms with Crippen LogP contribution in [0.25, 0.3) is 0 Å². The number of hydrogen-bond acceptors (Lipinski definition) is 5. The van der Waals surface area contributed by atoms with Crippen LogP contribution in [0.4, 0.5) is 5.69 Å². The average molecular weight is 254 g/mol. The van der Waals surface area contributed by atoms with E-state index >= 15 is 0 Å². The Hall–Kier alpha value is -2.05. The number of amides is 1. The van der Waals surface area contributed by atoms with E-state index in [1.54, 1.807) is 20.2 Å². The van der Waals surface area contributed by atoms with Gasteiger partial charge in [0.2, 0.25) is 0 Å². The topological polar surface area (TPSA) is 99.2 Å². The Morgan fingerprint density at radius 3 is 2.83 bits per heavy atom. The van der Waals surface area contributed by atoms with Crippen LogP contribution in [0.5, 0.6) is 0 Å². The van der Waals surface area contributed by atoms with Crippen molar-refractivity contribution in [2.24, 2.45) is 7.05 Å². The molecule has 0 spiro atoms. The van der Waals surface area contributed by atoms with Crippen molar-refractivity contribution < 1.29 is 14.3 Å². The summed E-state index contributed by atoms with van der Waals surface area (Å²) in [6.45, 7) is 2.51. The van der Waals surface area contributed by atoms with E-state index in [1.165, 1.54) is 4.68 Å². The fraction of sp³-hybridized carbons (Fsp3) is 0.545. The standard InChI is InChI=1S/C11H18N4O3/c1-3-18-9(16)5-4-6-13-11(17)10-8(12)7-15(2)14-10/h7H,3-6,12H2,1-2H3,(H,13,17). The Morgan fingerprint density at radius 2 is 2.28 bits per heavy atom. The third-order valence-corrected chi connectivity index (χ3v) is 2.22. The first-order chi connectivity index (χ1) is 8.54. The van der Waals surface area contributed by atoms with Gasteiger partial charge in [-0.1, -0.05) is 0 Å². The highest BCUT2D eigenvalue weighted by atomic mass is 16.5. The molecule has 0 atom stereocenters. The fourth-order valence-corrected chi connectivity index (χ4v) is 1.43. The predicted molar refractivity (Wildman–Crippen MR) is 65.8 cm³/mol. The van der Waals surface area contributed by atoms with E-state index in [0.717, 1.165) is 0 Å². The van der Waals surface area contributed by atoms with Gasteiger partial charge >= 0.3 is 5.97 Å². The lowest BCUT2D eigenvalue weighted by atomic mass is 10.3. The smallest absolute Gasteiger partial charge is 0.305 e. The van der Waals surface area contributed by atoms with E-state index in [9.17, 15) is 9.59 Å². The van der Waals surface area contributed by atoms with Crippen LogP contribution in [0.1, 0.15) is 30.3 Å². The van der Waals surface area contributed by atoms with E-state index in [2.05, 4.69) is 10.4 Å². The SMILES string of the molecule is CCOC(=O)CCCNC(=O)c1nn(C)cc1N. The lowest BCUT2D eigenvalue weighted by molar-refractivity contribution is -0.143. The van der Waals surface area contributed by atoms with Crippen molar-refractivity contribution in [3.63, 3.8) is 0 Å². The molecule has 7 nitrogen and oxygen atoms in total. The Morgan fingerprint density at radius 1 is 1.56 bits per heavy atom. The number of nitrogens with one attached hydrogen (secondary N) is 1. The van der Waals surface area contributed by atoms with Crippen molar-refractivity contribution in [2.75, 3.05) is 18.9 Å². The summed E-state index contributed by atoms with van der Waals surface area (Å²) < 4.78 is 6.24. The molecule has 100 valence electrons. The van der Waals surface area contributed by atoms with Gasteiger partial charge < -0.3 is 15.8 Å². The lowest BCUT2D eigenvalue weighted by Gasteiger charge is -2.04. The molecule has 0 saturated carbocycles. The summed E-state index contributed by atoms with van der Waals surface area (Å²) in [7, 11) is 1.69. The van der Waals surface area contributed by atoms with Crippen LogP contribution in [0.3, 0.4) is 0 Å². The number of hydrogen-bond donors (Lipinski definition) is 2. The lowest BCUT2D eigenvalue weighted by Crippen LogP contribution is -2.26. The average Bonchev–Trinajstić information content (AvgIpc) is 2.64. The van der Waals surface area contributed by atoms with Gasteiger partial charge in [-0.3, -0.25) is 14.3 Å². The van der Waals surface area contributed by atoms with Crippen molar-refractivity contribution in [1.82, 2.24) is 15.1 Å². The Balaban J connectivity index is 2.30. The van der Waals surface area contributed by atoms with Crippen molar-refractivity contribution in [3.8, 4) is 0 Å². The summed E-state index contributed by atoms with van der Waals surface area (Å²) in [6.07, 6.45) is 2.37. The molecule has 0 unspecified atom stereocenters. The summed E-state index contributed by atoms with van der Waals surface area (Å²) in [6, 6.07) is 0. The third kappa shape index (κ3) is 4.08. The molecule has 7 heteroatoms. The van der Waals surface area contributed by atoms with Crippen LogP contribution in [0.15, 0.2) is 6.20 Å². The Kier molecular flexibility index (Phi) is 5.16. The number of carbonyl (C=O) groups is 2. The molecule has 1 aromatic rings. The quantitative estimate of drug-likeness (QED) is 0.553. The van der Waals surface area contributed by atoms with Crippen LogP contribution < -0.4 is 11.1 Å². The first-order valence-corrected chi connectivity index (χ1v) is 5.77. The number of aromatic nitrogens is 2. The van der Waals surface area contributed by atoms with Gasteiger partial charge in [0.15, 0.2) is 5.69 Å². The van der Waals surface area contributed by atoms with Gasteiger partial charge in [-0.15, -0.1) is 0 Å². The van der Waals surface area contributed by atoms with Crippen molar-refractivity contribution in [3.05, 3.63) is 11.9 Å². The second-order valence-electron chi connectivity index (χ2n) is 3.77. The molecule has 0 fully saturated rings. The summed E-state index contributed by atoms with van der Waals surface area (Å²) >= 11 is 0. The summed E-state index contributed by atoms with van der Waals surface area (Å²) in [4.78, 5) is 22.7. The van der Waals surface area contributed by atoms with Gasteiger partial charge in [0, 0.05) is 26.2 Å². The molecule has 0 radical (unpaired) electrons. The molecule has 1 rings (SSSR count).